The molecule has 1 aromatic carbocycles. The summed E-state index contributed by atoms with van der Waals surface area (Å²) in [5.41, 5.74) is 4.67. The predicted molar refractivity (Wildman–Crippen MR) is 113 cm³/mol. The zero-order chi connectivity index (χ0) is 20.1. The normalized spacial score (nSPS) is 12.7. The van der Waals surface area contributed by atoms with Crippen LogP contribution in [0.1, 0.15) is 39.7 Å². The average Bonchev–Trinajstić information content (AvgIpc) is 3.22. The molecule has 3 rings (SSSR count). The van der Waals surface area contributed by atoms with E-state index in [0.29, 0.717) is 16.3 Å². The van der Waals surface area contributed by atoms with Crippen molar-refractivity contribution in [2.24, 2.45) is 5.10 Å². The number of ether oxygens (including phenoxy) is 2. The Morgan fingerprint density at radius 2 is 2.18 bits per heavy atom. The summed E-state index contributed by atoms with van der Waals surface area (Å²) in [5.74, 6) is 0.309. The van der Waals surface area contributed by atoms with E-state index in [1.807, 2.05) is 12.1 Å². The second-order valence-electron chi connectivity index (χ2n) is 6.00. The molecular weight excluding hydrogens is 446 g/mol. The minimum absolute atomic E-state index is 0.288. The molecule has 1 aromatic heterocycles. The van der Waals surface area contributed by atoms with Crippen molar-refractivity contribution in [2.45, 2.75) is 26.2 Å². The van der Waals surface area contributed by atoms with Gasteiger partial charge in [0.1, 0.15) is 10.8 Å². The summed E-state index contributed by atoms with van der Waals surface area (Å²) >= 11 is 4.82. The lowest BCUT2D eigenvalue weighted by Crippen LogP contribution is -2.25. The van der Waals surface area contributed by atoms with E-state index < -0.39 is 12.0 Å². The Morgan fingerprint density at radius 1 is 1.36 bits per heavy atom. The number of carbonyl (C=O) groups is 2. The van der Waals surface area contributed by atoms with Crippen molar-refractivity contribution < 1.29 is 19.1 Å². The fourth-order valence-electron chi connectivity index (χ4n) is 2.97. The molecule has 2 N–H and O–H groups in total. The highest BCUT2D eigenvalue weighted by atomic mass is 79.9. The van der Waals surface area contributed by atoms with Crippen LogP contribution in [0, 0.1) is 0 Å². The number of methoxy groups -OCH3 is 1. The van der Waals surface area contributed by atoms with Gasteiger partial charge in [0.25, 0.3) is 0 Å². The number of hydrazone groups is 1. The van der Waals surface area contributed by atoms with Crippen LogP contribution in [0.4, 0.5) is 9.80 Å². The minimum Gasteiger partial charge on any atom is -0.496 e. The Labute approximate surface area is 175 Å². The third-order valence-corrected chi connectivity index (χ3v) is 6.01. The van der Waals surface area contributed by atoms with Gasteiger partial charge in [0, 0.05) is 4.88 Å². The number of benzene rings is 1. The number of nitrogens with zero attached hydrogens (tertiary/aromatic N) is 1. The van der Waals surface area contributed by atoms with Crippen molar-refractivity contribution in [3.05, 3.63) is 44.2 Å². The quantitative estimate of drug-likeness (QED) is 0.377. The van der Waals surface area contributed by atoms with Crippen molar-refractivity contribution in [3.63, 3.8) is 0 Å². The Hall–Kier alpha value is -2.39. The van der Waals surface area contributed by atoms with E-state index in [1.165, 1.54) is 17.6 Å². The number of anilines is 1. The Kier molecular flexibility index (Phi) is 6.69. The average molecular weight is 466 g/mol. The van der Waals surface area contributed by atoms with Gasteiger partial charge in [-0.3, -0.25) is 5.32 Å². The zero-order valence-corrected chi connectivity index (χ0v) is 17.9. The van der Waals surface area contributed by atoms with E-state index in [2.05, 4.69) is 31.8 Å². The van der Waals surface area contributed by atoms with E-state index in [4.69, 9.17) is 9.47 Å². The van der Waals surface area contributed by atoms with Gasteiger partial charge in [-0.05, 0) is 71.4 Å². The smallest absolute Gasteiger partial charge is 0.341 e. The highest BCUT2D eigenvalue weighted by molar-refractivity contribution is 9.10. The number of carbonyl (C=O) groups excluding carboxylic acids is 2. The fourth-order valence-corrected chi connectivity index (χ4v) is 4.80. The summed E-state index contributed by atoms with van der Waals surface area (Å²) in [7, 11) is 1.59. The molecule has 0 saturated carbocycles. The molecule has 2 amide bonds. The van der Waals surface area contributed by atoms with Crippen LogP contribution in [-0.2, 0) is 17.6 Å². The molecule has 0 fully saturated rings. The summed E-state index contributed by atoms with van der Waals surface area (Å²) in [6.45, 7) is 2.05. The molecule has 28 heavy (non-hydrogen) atoms. The molecular formula is C19H20BrN3O4S. The molecule has 148 valence electrons. The first-order chi connectivity index (χ1) is 13.5. The van der Waals surface area contributed by atoms with Crippen molar-refractivity contribution >= 4 is 50.5 Å². The second kappa shape index (κ2) is 9.20. The van der Waals surface area contributed by atoms with Crippen molar-refractivity contribution in [2.75, 3.05) is 19.0 Å². The Bertz CT molecular complexity index is 926. The lowest BCUT2D eigenvalue weighted by Gasteiger charge is -2.07. The zero-order valence-electron chi connectivity index (χ0n) is 15.5. The van der Waals surface area contributed by atoms with Gasteiger partial charge in [0.05, 0.1) is 30.0 Å². The number of nitrogens with one attached hydrogen (secondary N) is 2. The molecule has 0 atom stereocenters. The molecule has 1 aliphatic carbocycles. The van der Waals surface area contributed by atoms with Crippen LogP contribution < -0.4 is 15.5 Å². The monoisotopic (exact) mass is 465 g/mol. The number of hydrogen-bond acceptors (Lipinski definition) is 6. The Balaban J connectivity index is 1.67. The summed E-state index contributed by atoms with van der Waals surface area (Å²) in [4.78, 5) is 25.7. The van der Waals surface area contributed by atoms with Gasteiger partial charge in [-0.1, -0.05) is 0 Å². The van der Waals surface area contributed by atoms with Gasteiger partial charge >= 0.3 is 12.0 Å². The maximum absolute atomic E-state index is 12.3. The van der Waals surface area contributed by atoms with Crippen LogP contribution in [0.2, 0.25) is 0 Å². The molecule has 1 heterocycles. The molecule has 1 aliphatic rings. The van der Waals surface area contributed by atoms with Gasteiger partial charge in [0.15, 0.2) is 0 Å². The standard InChI is InChI=1S/C19H20BrN3O4S/c1-3-27-18(24)16-12-5-4-6-15(12)28-17(16)22-19(25)23-21-10-11-7-8-14(26-2)13(20)9-11/h7-10H,3-6H2,1-2H3,(H2,22,23,25). The predicted octanol–water partition coefficient (Wildman–Crippen LogP) is 4.34. The topological polar surface area (TPSA) is 89.0 Å². The summed E-state index contributed by atoms with van der Waals surface area (Å²) in [5, 5.41) is 7.17. The molecule has 0 spiro atoms. The first kappa shape index (κ1) is 20.3. The number of hydrogen-bond donors (Lipinski definition) is 2. The van der Waals surface area contributed by atoms with Crippen molar-refractivity contribution in [3.8, 4) is 5.75 Å². The number of amides is 2. The first-order valence-corrected chi connectivity index (χ1v) is 10.4. The van der Waals surface area contributed by atoms with Crippen molar-refractivity contribution in [1.29, 1.82) is 0 Å². The first-order valence-electron chi connectivity index (χ1n) is 8.78. The van der Waals surface area contributed by atoms with Crippen LogP contribution in [0.5, 0.6) is 5.75 Å². The van der Waals surface area contributed by atoms with Gasteiger partial charge < -0.3 is 9.47 Å². The molecule has 0 saturated heterocycles. The van der Waals surface area contributed by atoms with Gasteiger partial charge in [-0.25, -0.2) is 15.0 Å². The lowest BCUT2D eigenvalue weighted by molar-refractivity contribution is 0.0527. The largest absolute Gasteiger partial charge is 0.496 e. The van der Waals surface area contributed by atoms with Crippen molar-refractivity contribution in [1.82, 2.24) is 5.43 Å². The van der Waals surface area contributed by atoms with Crippen LogP contribution in [-0.4, -0.2) is 31.9 Å². The summed E-state index contributed by atoms with van der Waals surface area (Å²) in [6.07, 6.45) is 4.28. The summed E-state index contributed by atoms with van der Waals surface area (Å²) < 4.78 is 11.1. The number of esters is 1. The summed E-state index contributed by atoms with van der Waals surface area (Å²) in [6, 6.07) is 4.92. The SMILES string of the molecule is CCOC(=O)c1c(NC(=O)NN=Cc2ccc(OC)c(Br)c2)sc2c1CCC2. The molecule has 2 aromatic rings. The molecule has 0 aliphatic heterocycles. The number of aryl methyl sites for hydroxylation is 1. The van der Waals surface area contributed by atoms with E-state index in [-0.39, 0.29) is 6.61 Å². The fraction of sp³-hybridized carbons (Fsp3) is 0.316. The minimum atomic E-state index is -0.519. The molecule has 0 bridgehead atoms. The lowest BCUT2D eigenvalue weighted by atomic mass is 10.1. The molecule has 7 nitrogen and oxygen atoms in total. The number of thiophene rings is 1. The van der Waals surface area contributed by atoms with E-state index in [0.717, 1.165) is 39.7 Å². The number of fused-ring (bicyclic) bond motifs is 1. The van der Waals surface area contributed by atoms with E-state index >= 15 is 0 Å². The van der Waals surface area contributed by atoms with Gasteiger partial charge in [-0.2, -0.15) is 5.10 Å². The molecule has 0 unspecified atom stereocenters. The third kappa shape index (κ3) is 4.53. The second-order valence-corrected chi connectivity index (χ2v) is 7.96. The number of urea groups is 1. The highest BCUT2D eigenvalue weighted by Crippen LogP contribution is 2.39. The van der Waals surface area contributed by atoms with Crippen LogP contribution in [0.25, 0.3) is 0 Å². The Morgan fingerprint density at radius 3 is 2.89 bits per heavy atom. The highest BCUT2D eigenvalue weighted by Gasteiger charge is 2.28. The van der Waals surface area contributed by atoms with Crippen LogP contribution >= 0.6 is 27.3 Å². The van der Waals surface area contributed by atoms with E-state index in [9.17, 15) is 9.59 Å². The van der Waals surface area contributed by atoms with Crippen LogP contribution in [0.15, 0.2) is 27.8 Å². The molecule has 9 heteroatoms. The number of rotatable bonds is 6. The maximum Gasteiger partial charge on any atom is 0.341 e. The van der Waals surface area contributed by atoms with Gasteiger partial charge in [0.2, 0.25) is 0 Å². The third-order valence-electron chi connectivity index (χ3n) is 4.18. The number of halogens is 1. The maximum atomic E-state index is 12.3. The molecule has 0 radical (unpaired) electrons. The van der Waals surface area contributed by atoms with Crippen LogP contribution in [0.3, 0.4) is 0 Å². The van der Waals surface area contributed by atoms with Gasteiger partial charge in [-0.15, -0.1) is 11.3 Å². The van der Waals surface area contributed by atoms with E-state index in [1.54, 1.807) is 20.1 Å².